The molecule has 0 N–H and O–H groups in total. The van der Waals surface area contributed by atoms with E-state index in [1.165, 1.54) is 6.26 Å². The first-order valence-corrected chi connectivity index (χ1v) is 9.45. The summed E-state index contributed by atoms with van der Waals surface area (Å²) < 4.78 is 28.4. The van der Waals surface area contributed by atoms with Gasteiger partial charge >= 0.3 is 0 Å². The second-order valence-corrected chi connectivity index (χ2v) is 7.67. The van der Waals surface area contributed by atoms with Crippen molar-refractivity contribution in [2.24, 2.45) is 0 Å². The van der Waals surface area contributed by atoms with Crippen molar-refractivity contribution in [2.45, 2.75) is 32.3 Å². The summed E-state index contributed by atoms with van der Waals surface area (Å²) in [6.45, 7) is 4.09. The molecule has 0 amide bonds. The van der Waals surface area contributed by atoms with Crippen molar-refractivity contribution in [1.29, 1.82) is 0 Å². The van der Waals surface area contributed by atoms with Crippen LogP contribution < -0.4 is 24.4 Å². The van der Waals surface area contributed by atoms with E-state index in [0.717, 1.165) is 18.4 Å². The van der Waals surface area contributed by atoms with E-state index in [-0.39, 0.29) is 11.0 Å². The second-order valence-electron chi connectivity index (χ2n) is 7.67. The van der Waals surface area contributed by atoms with Gasteiger partial charge < -0.3 is 23.4 Å². The van der Waals surface area contributed by atoms with Crippen LogP contribution in [0.15, 0.2) is 39.7 Å². The van der Waals surface area contributed by atoms with Crippen LogP contribution in [0.5, 0.6) is 23.0 Å². The molecule has 6 nitrogen and oxygen atoms in total. The molecule has 0 unspecified atom stereocenters. The first kappa shape index (κ1) is 19.2. The van der Waals surface area contributed by atoms with E-state index in [4.69, 9.17) is 23.4 Å². The molecule has 0 saturated heterocycles. The van der Waals surface area contributed by atoms with Crippen LogP contribution in [0.25, 0.3) is 22.1 Å². The lowest BCUT2D eigenvalue weighted by atomic mass is 9.92. The molecule has 2 heterocycles. The van der Waals surface area contributed by atoms with Gasteiger partial charge in [0.2, 0.25) is 5.43 Å². The van der Waals surface area contributed by atoms with Crippen LogP contribution in [-0.4, -0.2) is 26.9 Å². The summed E-state index contributed by atoms with van der Waals surface area (Å²) in [6.07, 6.45) is 3.05. The minimum atomic E-state index is -0.275. The molecule has 29 heavy (non-hydrogen) atoms. The van der Waals surface area contributed by atoms with Gasteiger partial charge in [-0.3, -0.25) is 4.79 Å². The van der Waals surface area contributed by atoms with Gasteiger partial charge in [0.15, 0.2) is 0 Å². The summed E-state index contributed by atoms with van der Waals surface area (Å²) in [6, 6.07) is 7.08. The van der Waals surface area contributed by atoms with Gasteiger partial charge in [0.05, 0.1) is 26.9 Å². The van der Waals surface area contributed by atoms with Crippen LogP contribution in [0, 0.1) is 0 Å². The molecule has 0 radical (unpaired) electrons. The Morgan fingerprint density at radius 3 is 2.48 bits per heavy atom. The van der Waals surface area contributed by atoms with Crippen molar-refractivity contribution in [2.75, 3.05) is 21.3 Å². The number of hydrogen-bond donors (Lipinski definition) is 0. The highest BCUT2D eigenvalue weighted by Gasteiger charge is 2.31. The molecule has 1 aliphatic heterocycles. The van der Waals surface area contributed by atoms with Gasteiger partial charge in [-0.15, -0.1) is 0 Å². The molecule has 0 aliphatic carbocycles. The number of methoxy groups -OCH3 is 3. The Kier molecular flexibility index (Phi) is 4.65. The zero-order valence-corrected chi connectivity index (χ0v) is 17.3. The van der Waals surface area contributed by atoms with Crippen LogP contribution in [0.2, 0.25) is 0 Å². The van der Waals surface area contributed by atoms with E-state index in [1.54, 1.807) is 45.6 Å². The number of benzene rings is 2. The van der Waals surface area contributed by atoms with Crippen LogP contribution in [0.4, 0.5) is 0 Å². The molecule has 6 heteroatoms. The van der Waals surface area contributed by atoms with Crippen LogP contribution in [0.3, 0.4) is 0 Å². The highest BCUT2D eigenvalue weighted by atomic mass is 16.5. The average Bonchev–Trinajstić information content (AvgIpc) is 2.71. The first-order chi connectivity index (χ1) is 13.9. The van der Waals surface area contributed by atoms with E-state index < -0.39 is 0 Å². The summed E-state index contributed by atoms with van der Waals surface area (Å²) >= 11 is 0. The molecule has 0 fully saturated rings. The molecule has 1 aliphatic rings. The van der Waals surface area contributed by atoms with E-state index in [9.17, 15) is 4.79 Å². The molecule has 3 aromatic rings. The van der Waals surface area contributed by atoms with E-state index >= 15 is 0 Å². The van der Waals surface area contributed by atoms with Gasteiger partial charge in [-0.25, -0.2) is 0 Å². The van der Waals surface area contributed by atoms with Gasteiger partial charge in [0, 0.05) is 23.3 Å². The first-order valence-electron chi connectivity index (χ1n) is 9.45. The van der Waals surface area contributed by atoms with Crippen LogP contribution >= 0.6 is 0 Å². The van der Waals surface area contributed by atoms with Crippen molar-refractivity contribution < 1.29 is 23.4 Å². The second kappa shape index (κ2) is 7.03. The number of rotatable bonds is 4. The molecule has 0 spiro atoms. The molecule has 2 aromatic carbocycles. The molecule has 0 atom stereocenters. The fraction of sp³-hybridized carbons (Fsp3) is 0.348. The quantitative estimate of drug-likeness (QED) is 0.643. The van der Waals surface area contributed by atoms with Crippen LogP contribution in [0.1, 0.15) is 25.8 Å². The Morgan fingerprint density at radius 2 is 1.79 bits per heavy atom. The minimum absolute atomic E-state index is 0.181. The monoisotopic (exact) mass is 396 g/mol. The number of fused-ring (bicyclic) bond motifs is 2. The summed E-state index contributed by atoms with van der Waals surface area (Å²) in [7, 11) is 4.70. The molecular weight excluding hydrogens is 372 g/mol. The Morgan fingerprint density at radius 1 is 1.00 bits per heavy atom. The van der Waals surface area contributed by atoms with Gasteiger partial charge in [-0.2, -0.15) is 0 Å². The van der Waals surface area contributed by atoms with E-state index in [1.807, 2.05) is 13.8 Å². The predicted molar refractivity (Wildman–Crippen MR) is 111 cm³/mol. The Balaban J connectivity index is 1.97. The zero-order chi connectivity index (χ0) is 20.8. The van der Waals surface area contributed by atoms with Crippen molar-refractivity contribution in [1.82, 2.24) is 0 Å². The van der Waals surface area contributed by atoms with Crippen molar-refractivity contribution >= 4 is 11.0 Å². The fourth-order valence-electron chi connectivity index (χ4n) is 3.81. The van der Waals surface area contributed by atoms with Crippen molar-refractivity contribution in [3.8, 4) is 34.1 Å². The third kappa shape index (κ3) is 3.18. The summed E-state index contributed by atoms with van der Waals surface area (Å²) in [5, 5.41) is 0.407. The number of ether oxygens (including phenoxy) is 4. The summed E-state index contributed by atoms with van der Waals surface area (Å²) in [4.78, 5) is 13.5. The Bertz CT molecular complexity index is 1140. The maximum Gasteiger partial charge on any atom is 0.204 e. The molecule has 0 saturated carbocycles. The normalized spacial score (nSPS) is 14.8. The maximum atomic E-state index is 13.5. The highest BCUT2D eigenvalue weighted by molar-refractivity contribution is 5.91. The number of hydrogen-bond acceptors (Lipinski definition) is 6. The highest BCUT2D eigenvalue weighted by Crippen LogP contribution is 2.43. The molecule has 1 aromatic heterocycles. The lowest BCUT2D eigenvalue weighted by Gasteiger charge is -2.33. The molecule has 152 valence electrons. The smallest absolute Gasteiger partial charge is 0.204 e. The van der Waals surface area contributed by atoms with Gasteiger partial charge in [0.25, 0.3) is 0 Å². The van der Waals surface area contributed by atoms with Gasteiger partial charge in [-0.1, -0.05) is 0 Å². The van der Waals surface area contributed by atoms with Crippen molar-refractivity contribution in [3.05, 3.63) is 46.3 Å². The SMILES string of the molecule is COc1ccc(-c2coc3cc4c(c(OC)c3c2=O)CCC(C)(C)O4)c(OC)c1. The zero-order valence-electron chi connectivity index (χ0n) is 17.3. The lowest BCUT2D eigenvalue weighted by Crippen LogP contribution is -2.32. The minimum Gasteiger partial charge on any atom is -0.497 e. The predicted octanol–water partition coefficient (Wildman–Crippen LogP) is 4.59. The topological polar surface area (TPSA) is 67.1 Å². The summed E-state index contributed by atoms with van der Waals surface area (Å²) in [5.74, 6) is 2.37. The molecule has 4 rings (SSSR count). The lowest BCUT2D eigenvalue weighted by molar-refractivity contribution is 0.0838. The van der Waals surface area contributed by atoms with Crippen molar-refractivity contribution in [3.63, 3.8) is 0 Å². The summed E-state index contributed by atoms with van der Waals surface area (Å²) in [5.41, 5.74) is 1.89. The third-order valence-electron chi connectivity index (χ3n) is 5.35. The Labute approximate surface area is 169 Å². The Hall–Kier alpha value is -3.15. The fourth-order valence-corrected chi connectivity index (χ4v) is 3.81. The standard InChI is InChI=1S/C23H24O6/c1-23(2)9-8-15-18(29-23)11-19-20(22(15)27-5)21(24)16(12-28-19)14-7-6-13(25-3)10-17(14)26-4/h6-7,10-12H,8-9H2,1-5H3. The average molecular weight is 396 g/mol. The molecule has 0 bridgehead atoms. The van der Waals surface area contributed by atoms with Gasteiger partial charge in [0.1, 0.15) is 45.8 Å². The van der Waals surface area contributed by atoms with E-state index in [0.29, 0.717) is 45.1 Å². The van der Waals surface area contributed by atoms with Gasteiger partial charge in [-0.05, 0) is 38.8 Å². The third-order valence-corrected chi connectivity index (χ3v) is 5.35. The molecular formula is C23H24O6. The maximum absolute atomic E-state index is 13.5. The van der Waals surface area contributed by atoms with E-state index in [2.05, 4.69) is 0 Å². The largest absolute Gasteiger partial charge is 0.497 e. The van der Waals surface area contributed by atoms with Crippen LogP contribution in [-0.2, 0) is 6.42 Å².